The maximum atomic E-state index is 12.7. The number of esters is 1. The Balaban J connectivity index is 2.02. The second-order valence-electron chi connectivity index (χ2n) is 3.90. The lowest BCUT2D eigenvalue weighted by Gasteiger charge is -1.98. The fourth-order valence-corrected chi connectivity index (χ4v) is 1.42. The van der Waals surface area contributed by atoms with Crippen LogP contribution in [0.2, 0.25) is 0 Å². The molecule has 0 bridgehead atoms. The Kier molecular flexibility index (Phi) is 4.26. The fourth-order valence-electron chi connectivity index (χ4n) is 1.42. The van der Waals surface area contributed by atoms with Crippen molar-refractivity contribution in [2.45, 2.75) is 0 Å². The van der Waals surface area contributed by atoms with Gasteiger partial charge < -0.3 is 4.74 Å². The fraction of sp³-hybridized carbons (Fsp3) is 0. The van der Waals surface area contributed by atoms with Gasteiger partial charge in [-0.1, -0.05) is 5.92 Å². The summed E-state index contributed by atoms with van der Waals surface area (Å²) in [4.78, 5) is 21.4. The molecule has 0 spiro atoms. The standard InChI is InChI=1S/C15H8FNO4/c16-12-4-1-11(2-5-12)3-10-15(18)21-14-8-6-13(7-9-14)17(19)20/h1-2,4-9H. The van der Waals surface area contributed by atoms with E-state index >= 15 is 0 Å². The number of nitro groups is 1. The average Bonchev–Trinajstić information content (AvgIpc) is 2.47. The van der Waals surface area contributed by atoms with Crippen molar-refractivity contribution in [3.8, 4) is 17.6 Å². The first-order chi connectivity index (χ1) is 10.0. The maximum absolute atomic E-state index is 12.7. The second kappa shape index (κ2) is 6.30. The number of carbonyl (C=O) groups is 1. The molecule has 0 unspecified atom stereocenters. The first kappa shape index (κ1) is 14.2. The van der Waals surface area contributed by atoms with Gasteiger partial charge in [0.1, 0.15) is 11.6 Å². The van der Waals surface area contributed by atoms with E-state index < -0.39 is 16.7 Å². The Labute approximate surface area is 119 Å². The predicted molar refractivity (Wildman–Crippen MR) is 72.0 cm³/mol. The van der Waals surface area contributed by atoms with Crippen LogP contribution in [0, 0.1) is 27.8 Å². The third kappa shape index (κ3) is 4.14. The van der Waals surface area contributed by atoms with Crippen molar-refractivity contribution in [1.82, 2.24) is 0 Å². The van der Waals surface area contributed by atoms with Crippen LogP contribution in [0.5, 0.6) is 5.75 Å². The summed E-state index contributed by atoms with van der Waals surface area (Å²) in [6.45, 7) is 0. The van der Waals surface area contributed by atoms with Crippen molar-refractivity contribution < 1.29 is 18.8 Å². The molecule has 0 saturated carbocycles. The SMILES string of the molecule is O=C(C#Cc1ccc(F)cc1)Oc1ccc([N+](=O)[O-])cc1. The molecule has 0 saturated heterocycles. The molecule has 0 aliphatic heterocycles. The summed E-state index contributed by atoms with van der Waals surface area (Å²) in [6.07, 6.45) is 0. The molecule has 0 aliphatic rings. The molecule has 0 amide bonds. The molecule has 5 nitrogen and oxygen atoms in total. The van der Waals surface area contributed by atoms with Crippen LogP contribution in [0.3, 0.4) is 0 Å². The van der Waals surface area contributed by atoms with E-state index in [1.165, 1.54) is 48.5 Å². The zero-order chi connectivity index (χ0) is 15.2. The lowest BCUT2D eigenvalue weighted by atomic mass is 10.2. The molecule has 0 aliphatic carbocycles. The molecule has 0 aromatic heterocycles. The van der Waals surface area contributed by atoms with Gasteiger partial charge in [0.2, 0.25) is 0 Å². The van der Waals surface area contributed by atoms with Gasteiger partial charge in [0.05, 0.1) is 4.92 Å². The van der Waals surface area contributed by atoms with E-state index in [0.29, 0.717) is 5.56 Å². The molecule has 2 aromatic rings. The largest absolute Gasteiger partial charge is 0.417 e. The number of ether oxygens (including phenoxy) is 1. The van der Waals surface area contributed by atoms with E-state index in [1.807, 2.05) is 0 Å². The van der Waals surface area contributed by atoms with Crippen molar-refractivity contribution >= 4 is 11.7 Å². The number of non-ortho nitro benzene ring substituents is 1. The summed E-state index contributed by atoms with van der Waals surface area (Å²) in [7, 11) is 0. The minimum atomic E-state index is -0.812. The molecular weight excluding hydrogens is 277 g/mol. The van der Waals surface area contributed by atoms with E-state index in [4.69, 9.17) is 4.74 Å². The van der Waals surface area contributed by atoms with Crippen LogP contribution in [0.25, 0.3) is 0 Å². The number of rotatable bonds is 2. The number of nitrogens with zero attached hydrogens (tertiary/aromatic N) is 1. The number of nitro benzene ring substituents is 1. The number of carbonyl (C=O) groups excluding carboxylic acids is 1. The Hall–Kier alpha value is -3.20. The van der Waals surface area contributed by atoms with Gasteiger partial charge in [-0.3, -0.25) is 10.1 Å². The Morgan fingerprint density at radius 1 is 1.10 bits per heavy atom. The highest BCUT2D eigenvalue weighted by Gasteiger charge is 2.06. The molecule has 0 fully saturated rings. The lowest BCUT2D eigenvalue weighted by molar-refractivity contribution is -0.384. The number of hydrogen-bond donors (Lipinski definition) is 0. The van der Waals surface area contributed by atoms with Gasteiger partial charge in [-0.05, 0) is 36.4 Å². The zero-order valence-electron chi connectivity index (χ0n) is 10.6. The highest BCUT2D eigenvalue weighted by Crippen LogP contribution is 2.17. The number of benzene rings is 2. The summed E-state index contributed by atoms with van der Waals surface area (Å²) >= 11 is 0. The van der Waals surface area contributed by atoms with Gasteiger partial charge in [-0.15, -0.1) is 0 Å². The number of halogens is 1. The van der Waals surface area contributed by atoms with Crippen molar-refractivity contribution in [3.63, 3.8) is 0 Å². The second-order valence-corrected chi connectivity index (χ2v) is 3.90. The Morgan fingerprint density at radius 3 is 2.29 bits per heavy atom. The van der Waals surface area contributed by atoms with Crippen molar-refractivity contribution in [2.75, 3.05) is 0 Å². The molecule has 2 rings (SSSR count). The average molecular weight is 285 g/mol. The topological polar surface area (TPSA) is 69.4 Å². The van der Waals surface area contributed by atoms with Crippen LogP contribution in [-0.2, 0) is 4.79 Å². The van der Waals surface area contributed by atoms with E-state index in [1.54, 1.807) is 0 Å². The van der Waals surface area contributed by atoms with Gasteiger partial charge in [0, 0.05) is 23.6 Å². The smallest absolute Gasteiger partial charge is 0.390 e. The van der Waals surface area contributed by atoms with Crippen LogP contribution in [0.4, 0.5) is 10.1 Å². The molecule has 0 radical (unpaired) electrons. The monoisotopic (exact) mass is 285 g/mol. The molecule has 0 heterocycles. The molecule has 0 N–H and O–H groups in total. The van der Waals surface area contributed by atoms with Crippen LogP contribution in [0.1, 0.15) is 5.56 Å². The first-order valence-electron chi connectivity index (χ1n) is 5.78. The normalized spacial score (nSPS) is 9.38. The summed E-state index contributed by atoms with van der Waals surface area (Å²) in [5, 5.41) is 10.5. The number of hydrogen-bond acceptors (Lipinski definition) is 4. The highest BCUT2D eigenvalue weighted by atomic mass is 19.1. The molecule has 104 valence electrons. The summed E-state index contributed by atoms with van der Waals surface area (Å²) in [5.41, 5.74) is 0.365. The molecule has 6 heteroatoms. The van der Waals surface area contributed by atoms with E-state index in [2.05, 4.69) is 11.8 Å². The summed E-state index contributed by atoms with van der Waals surface area (Å²) in [5.74, 6) is 3.70. The predicted octanol–water partition coefficient (Wildman–Crippen LogP) is 2.69. The van der Waals surface area contributed by atoms with Gasteiger partial charge in [0.15, 0.2) is 0 Å². The van der Waals surface area contributed by atoms with Gasteiger partial charge in [0.25, 0.3) is 5.69 Å². The van der Waals surface area contributed by atoms with Crippen LogP contribution in [-0.4, -0.2) is 10.9 Å². The quantitative estimate of drug-likeness (QED) is 0.280. The molecular formula is C15H8FNO4. The van der Waals surface area contributed by atoms with E-state index in [0.717, 1.165) is 0 Å². The summed E-state index contributed by atoms with van der Waals surface area (Å²) < 4.78 is 17.6. The molecule has 21 heavy (non-hydrogen) atoms. The van der Waals surface area contributed by atoms with Crippen LogP contribution >= 0.6 is 0 Å². The van der Waals surface area contributed by atoms with Crippen molar-refractivity contribution in [1.29, 1.82) is 0 Å². The van der Waals surface area contributed by atoms with Gasteiger partial charge >= 0.3 is 5.97 Å². The minimum absolute atomic E-state index is 0.104. The Morgan fingerprint density at radius 2 is 1.71 bits per heavy atom. The van der Waals surface area contributed by atoms with E-state index in [-0.39, 0.29) is 11.4 Å². The van der Waals surface area contributed by atoms with Crippen molar-refractivity contribution in [2.24, 2.45) is 0 Å². The highest BCUT2D eigenvalue weighted by molar-refractivity contribution is 5.90. The third-order valence-corrected chi connectivity index (χ3v) is 2.41. The molecule has 2 aromatic carbocycles. The first-order valence-corrected chi connectivity index (χ1v) is 5.78. The van der Waals surface area contributed by atoms with Crippen molar-refractivity contribution in [3.05, 3.63) is 70.0 Å². The summed E-state index contributed by atoms with van der Waals surface area (Å²) in [6, 6.07) is 10.4. The zero-order valence-corrected chi connectivity index (χ0v) is 10.6. The third-order valence-electron chi connectivity index (χ3n) is 2.41. The van der Waals surface area contributed by atoms with Gasteiger partial charge in [-0.25, -0.2) is 9.18 Å². The molecule has 0 atom stereocenters. The van der Waals surface area contributed by atoms with E-state index in [9.17, 15) is 19.3 Å². The lowest BCUT2D eigenvalue weighted by Crippen LogP contribution is -2.04. The Bertz CT molecular complexity index is 727. The van der Waals surface area contributed by atoms with Crippen LogP contribution < -0.4 is 4.74 Å². The minimum Gasteiger partial charge on any atom is -0.417 e. The maximum Gasteiger partial charge on any atom is 0.390 e. The van der Waals surface area contributed by atoms with Gasteiger partial charge in [-0.2, -0.15) is 0 Å². The van der Waals surface area contributed by atoms with Crippen LogP contribution in [0.15, 0.2) is 48.5 Å².